The second kappa shape index (κ2) is 10.5. The smallest absolute Gasteiger partial charge is 0.257 e. The summed E-state index contributed by atoms with van der Waals surface area (Å²) in [6, 6.07) is 9.31. The molecule has 29 heavy (non-hydrogen) atoms. The molecule has 7 heteroatoms. The Labute approximate surface area is 171 Å². The first-order valence-electron chi connectivity index (χ1n) is 10.1. The number of piperidine rings is 1. The van der Waals surface area contributed by atoms with E-state index in [0.29, 0.717) is 50.5 Å². The molecule has 2 aromatic rings. The van der Waals surface area contributed by atoms with Gasteiger partial charge in [0.05, 0.1) is 25.0 Å². The van der Waals surface area contributed by atoms with Gasteiger partial charge in [-0.3, -0.25) is 9.59 Å². The molecule has 156 valence electrons. The molecule has 0 saturated carbocycles. The van der Waals surface area contributed by atoms with E-state index in [4.69, 9.17) is 13.9 Å². The molecule has 0 atom stereocenters. The van der Waals surface area contributed by atoms with Gasteiger partial charge in [-0.1, -0.05) is 12.1 Å². The highest BCUT2D eigenvalue weighted by molar-refractivity contribution is 5.93. The average Bonchev–Trinajstić information content (AvgIpc) is 3.27. The number of ether oxygens (including phenoxy) is 2. The normalized spacial score (nSPS) is 14.4. The van der Waals surface area contributed by atoms with Gasteiger partial charge in [0.15, 0.2) is 11.5 Å². The van der Waals surface area contributed by atoms with Crippen LogP contribution in [0.3, 0.4) is 0 Å². The lowest BCUT2D eigenvalue weighted by Crippen LogP contribution is -2.46. The molecule has 1 N–H and O–H groups in total. The zero-order valence-electron chi connectivity index (χ0n) is 16.8. The van der Waals surface area contributed by atoms with Crippen LogP contribution >= 0.6 is 0 Å². The van der Waals surface area contributed by atoms with Gasteiger partial charge < -0.3 is 24.1 Å². The fourth-order valence-corrected chi connectivity index (χ4v) is 3.35. The molecule has 1 aromatic heterocycles. The van der Waals surface area contributed by atoms with E-state index in [1.807, 2.05) is 31.2 Å². The van der Waals surface area contributed by atoms with Gasteiger partial charge in [0.1, 0.15) is 6.26 Å². The van der Waals surface area contributed by atoms with Crippen molar-refractivity contribution in [3.8, 4) is 11.5 Å². The Balaban J connectivity index is 1.33. The van der Waals surface area contributed by atoms with Gasteiger partial charge in [-0.15, -0.1) is 0 Å². The molecule has 3 rings (SSSR count). The lowest BCUT2D eigenvalue weighted by molar-refractivity contribution is -0.122. The van der Waals surface area contributed by atoms with Crippen LogP contribution < -0.4 is 14.8 Å². The van der Waals surface area contributed by atoms with Gasteiger partial charge in [0.25, 0.3) is 5.91 Å². The Morgan fingerprint density at radius 2 is 1.86 bits per heavy atom. The van der Waals surface area contributed by atoms with E-state index in [1.165, 1.54) is 12.5 Å². The molecule has 1 aromatic carbocycles. The minimum absolute atomic E-state index is 0.0197. The topological polar surface area (TPSA) is 81.0 Å². The van der Waals surface area contributed by atoms with Gasteiger partial charge in [-0.25, -0.2) is 0 Å². The van der Waals surface area contributed by atoms with E-state index in [2.05, 4.69) is 5.32 Å². The summed E-state index contributed by atoms with van der Waals surface area (Å²) >= 11 is 0. The average molecular weight is 400 g/mol. The third kappa shape index (κ3) is 6.01. The Morgan fingerprint density at radius 1 is 1.14 bits per heavy atom. The maximum Gasteiger partial charge on any atom is 0.257 e. The van der Waals surface area contributed by atoms with E-state index in [1.54, 1.807) is 11.0 Å². The number of hydrogen-bond acceptors (Lipinski definition) is 5. The second-order valence-electron chi connectivity index (χ2n) is 6.98. The fraction of sp³-hybridized carbons (Fsp3) is 0.455. The van der Waals surface area contributed by atoms with Crippen molar-refractivity contribution in [3.05, 3.63) is 48.4 Å². The summed E-state index contributed by atoms with van der Waals surface area (Å²) in [5.74, 6) is 1.42. The number of carbonyl (C=O) groups excluding carboxylic acids is 2. The lowest BCUT2D eigenvalue weighted by Gasteiger charge is -2.32. The van der Waals surface area contributed by atoms with Gasteiger partial charge >= 0.3 is 0 Å². The molecule has 7 nitrogen and oxygen atoms in total. The molecule has 0 unspecified atom stereocenters. The van der Waals surface area contributed by atoms with E-state index < -0.39 is 0 Å². The first-order valence-corrected chi connectivity index (χ1v) is 10.1. The maximum absolute atomic E-state index is 12.3. The van der Waals surface area contributed by atoms with Crippen LogP contribution in [-0.4, -0.2) is 49.1 Å². The zero-order chi connectivity index (χ0) is 20.5. The summed E-state index contributed by atoms with van der Waals surface area (Å²) < 4.78 is 16.2. The van der Waals surface area contributed by atoms with Gasteiger partial charge in [0, 0.05) is 25.6 Å². The van der Waals surface area contributed by atoms with Crippen molar-refractivity contribution in [2.45, 2.75) is 38.6 Å². The van der Waals surface area contributed by atoms with Crippen molar-refractivity contribution >= 4 is 11.8 Å². The minimum Gasteiger partial charge on any atom is -0.490 e. The summed E-state index contributed by atoms with van der Waals surface area (Å²) in [5.41, 5.74) is 0.568. The number of nitrogens with zero attached hydrogens (tertiary/aromatic N) is 1. The molecule has 0 bridgehead atoms. The molecule has 0 radical (unpaired) electrons. The Kier molecular flexibility index (Phi) is 7.55. The maximum atomic E-state index is 12.3. The number of amides is 2. The number of carbonyl (C=O) groups is 2. The molecule has 1 aliphatic heterocycles. The van der Waals surface area contributed by atoms with Crippen LogP contribution in [0.15, 0.2) is 47.3 Å². The van der Waals surface area contributed by atoms with Crippen LogP contribution in [0.25, 0.3) is 0 Å². The number of para-hydroxylation sites is 2. The zero-order valence-corrected chi connectivity index (χ0v) is 16.8. The SMILES string of the molecule is CCOc1ccccc1OCCCC(=O)NC1CCN(C(=O)c2ccoc2)CC1. The summed E-state index contributed by atoms with van der Waals surface area (Å²) in [6.45, 7) is 4.22. The molecular weight excluding hydrogens is 372 g/mol. The summed E-state index contributed by atoms with van der Waals surface area (Å²) in [5, 5.41) is 3.07. The highest BCUT2D eigenvalue weighted by Gasteiger charge is 2.24. The van der Waals surface area contributed by atoms with E-state index in [-0.39, 0.29) is 17.9 Å². The largest absolute Gasteiger partial charge is 0.490 e. The Hall–Kier alpha value is -2.96. The van der Waals surface area contributed by atoms with E-state index in [0.717, 1.165) is 18.6 Å². The molecule has 0 spiro atoms. The Bertz CT molecular complexity index is 782. The minimum atomic E-state index is -0.0204. The van der Waals surface area contributed by atoms with Crippen molar-refractivity contribution < 1.29 is 23.5 Å². The van der Waals surface area contributed by atoms with Crippen molar-refractivity contribution in [3.63, 3.8) is 0 Å². The van der Waals surface area contributed by atoms with Crippen molar-refractivity contribution in [1.82, 2.24) is 10.2 Å². The molecule has 1 fully saturated rings. The molecular formula is C22H28N2O5. The van der Waals surface area contributed by atoms with E-state index in [9.17, 15) is 9.59 Å². The predicted molar refractivity (Wildman–Crippen MR) is 108 cm³/mol. The highest BCUT2D eigenvalue weighted by atomic mass is 16.5. The number of hydrogen-bond donors (Lipinski definition) is 1. The second-order valence-corrected chi connectivity index (χ2v) is 6.98. The summed E-state index contributed by atoms with van der Waals surface area (Å²) in [7, 11) is 0. The molecule has 2 heterocycles. The van der Waals surface area contributed by atoms with E-state index >= 15 is 0 Å². The standard InChI is InChI=1S/C22H28N2O5/c1-2-28-19-6-3-4-7-20(19)29-14-5-8-21(25)23-18-9-12-24(13-10-18)22(26)17-11-15-27-16-17/h3-4,6-7,11,15-16,18H,2,5,8-10,12-14H2,1H3,(H,23,25). The third-order valence-electron chi connectivity index (χ3n) is 4.87. The summed E-state index contributed by atoms with van der Waals surface area (Å²) in [6.07, 6.45) is 5.51. The third-order valence-corrected chi connectivity index (χ3v) is 4.87. The number of furan rings is 1. The number of nitrogens with one attached hydrogen (secondary N) is 1. The van der Waals surface area contributed by atoms with Crippen LogP contribution in [0.1, 0.15) is 43.0 Å². The van der Waals surface area contributed by atoms with Crippen LogP contribution in [0.2, 0.25) is 0 Å². The summed E-state index contributed by atoms with van der Waals surface area (Å²) in [4.78, 5) is 26.3. The number of likely N-dealkylation sites (tertiary alicyclic amines) is 1. The van der Waals surface area contributed by atoms with Gasteiger partial charge in [0.2, 0.25) is 5.91 Å². The quantitative estimate of drug-likeness (QED) is 0.654. The number of rotatable bonds is 9. The molecule has 0 aliphatic carbocycles. The van der Waals surface area contributed by atoms with Gasteiger partial charge in [-0.2, -0.15) is 0 Å². The first-order chi connectivity index (χ1) is 14.2. The van der Waals surface area contributed by atoms with Crippen molar-refractivity contribution in [2.75, 3.05) is 26.3 Å². The monoisotopic (exact) mass is 400 g/mol. The molecule has 1 aliphatic rings. The molecule has 2 amide bonds. The van der Waals surface area contributed by atoms with Gasteiger partial charge in [-0.05, 0) is 44.4 Å². The van der Waals surface area contributed by atoms with Crippen LogP contribution in [-0.2, 0) is 4.79 Å². The van der Waals surface area contributed by atoms with Crippen molar-refractivity contribution in [1.29, 1.82) is 0 Å². The predicted octanol–water partition coefficient (Wildman–Crippen LogP) is 3.26. The first kappa shape index (κ1) is 20.8. The highest BCUT2D eigenvalue weighted by Crippen LogP contribution is 2.26. The fourth-order valence-electron chi connectivity index (χ4n) is 3.35. The number of benzene rings is 1. The van der Waals surface area contributed by atoms with Crippen molar-refractivity contribution in [2.24, 2.45) is 0 Å². The Morgan fingerprint density at radius 3 is 2.52 bits per heavy atom. The van der Waals surface area contributed by atoms with Crippen LogP contribution in [0, 0.1) is 0 Å². The lowest BCUT2D eigenvalue weighted by atomic mass is 10.0. The van der Waals surface area contributed by atoms with Crippen LogP contribution in [0.4, 0.5) is 0 Å². The van der Waals surface area contributed by atoms with Crippen LogP contribution in [0.5, 0.6) is 11.5 Å². The molecule has 1 saturated heterocycles.